The van der Waals surface area contributed by atoms with Gasteiger partial charge in [-0.1, -0.05) is 18.7 Å². The molecule has 2 unspecified atom stereocenters. The Morgan fingerprint density at radius 3 is 2.70 bits per heavy atom. The number of hydrogen-bond acceptors (Lipinski definition) is 3. The monoisotopic (exact) mass is 456 g/mol. The van der Waals surface area contributed by atoms with Crippen LogP contribution in [0.25, 0.3) is 11.0 Å². The third kappa shape index (κ3) is 4.76. The highest BCUT2D eigenvalue weighted by Gasteiger charge is 2.32. The Hall–Kier alpha value is -3.62. The summed E-state index contributed by atoms with van der Waals surface area (Å²) in [6.45, 7) is 5.40. The van der Waals surface area contributed by atoms with Crippen molar-refractivity contribution in [2.75, 3.05) is 5.32 Å². The highest BCUT2D eigenvalue weighted by atomic mass is 19.4. The van der Waals surface area contributed by atoms with Crippen molar-refractivity contribution in [1.82, 2.24) is 14.9 Å². The Kier molecular flexibility index (Phi) is 5.97. The van der Waals surface area contributed by atoms with Gasteiger partial charge in [0.05, 0.1) is 16.6 Å². The number of carbonyl (C=O) groups is 2. The molecule has 2 atom stereocenters. The number of aryl methyl sites for hydroxylation is 1. The molecule has 172 valence electrons. The summed E-state index contributed by atoms with van der Waals surface area (Å²) in [5.74, 6) is -0.660. The van der Waals surface area contributed by atoms with Crippen molar-refractivity contribution in [2.24, 2.45) is 0 Å². The standard InChI is InChI=1S/C24H23F3N4O2/c1-3-21(32)28-17-8-9-18(13-17)31-20-10-7-14(2)11-19(20)29-23(31)30-22(33)15-5-4-6-16(12-15)24(25,26)27/h3-7,10-12,17-18H,1,8-9,13H2,2H3,(H,28,32)(H,29,30,33). The van der Waals surface area contributed by atoms with Gasteiger partial charge < -0.3 is 9.88 Å². The molecule has 33 heavy (non-hydrogen) atoms. The van der Waals surface area contributed by atoms with Gasteiger partial charge in [0.1, 0.15) is 0 Å². The van der Waals surface area contributed by atoms with E-state index in [-0.39, 0.29) is 29.5 Å². The predicted molar refractivity (Wildman–Crippen MR) is 119 cm³/mol. The van der Waals surface area contributed by atoms with E-state index in [1.807, 2.05) is 29.7 Å². The summed E-state index contributed by atoms with van der Waals surface area (Å²) < 4.78 is 41.1. The number of nitrogens with one attached hydrogen (secondary N) is 2. The number of anilines is 1. The zero-order valence-electron chi connectivity index (χ0n) is 17.9. The second-order valence-corrected chi connectivity index (χ2v) is 8.21. The van der Waals surface area contributed by atoms with Gasteiger partial charge in [0.2, 0.25) is 11.9 Å². The summed E-state index contributed by atoms with van der Waals surface area (Å²) in [4.78, 5) is 29.1. The number of aromatic nitrogens is 2. The van der Waals surface area contributed by atoms with Crippen molar-refractivity contribution in [3.8, 4) is 0 Å². The van der Waals surface area contributed by atoms with Crippen LogP contribution in [0.15, 0.2) is 55.1 Å². The van der Waals surface area contributed by atoms with E-state index in [0.717, 1.165) is 36.1 Å². The van der Waals surface area contributed by atoms with E-state index in [2.05, 4.69) is 22.2 Å². The van der Waals surface area contributed by atoms with E-state index in [1.54, 1.807) is 0 Å². The minimum Gasteiger partial charge on any atom is -0.350 e. The number of rotatable bonds is 5. The maximum Gasteiger partial charge on any atom is 0.416 e. The second kappa shape index (κ2) is 8.73. The lowest BCUT2D eigenvalue weighted by Crippen LogP contribution is -2.31. The number of imidazole rings is 1. The molecule has 1 fully saturated rings. The van der Waals surface area contributed by atoms with E-state index >= 15 is 0 Å². The van der Waals surface area contributed by atoms with Crippen LogP contribution in [-0.4, -0.2) is 27.4 Å². The van der Waals surface area contributed by atoms with Crippen LogP contribution in [0.5, 0.6) is 0 Å². The topological polar surface area (TPSA) is 76.0 Å². The molecule has 2 N–H and O–H groups in total. The summed E-state index contributed by atoms with van der Waals surface area (Å²) in [6, 6.07) is 9.91. The highest BCUT2D eigenvalue weighted by Crippen LogP contribution is 2.36. The van der Waals surface area contributed by atoms with Crippen molar-refractivity contribution >= 4 is 28.8 Å². The molecular formula is C24H23F3N4O2. The molecule has 2 amide bonds. The smallest absolute Gasteiger partial charge is 0.350 e. The van der Waals surface area contributed by atoms with Crippen molar-refractivity contribution in [2.45, 2.75) is 44.4 Å². The van der Waals surface area contributed by atoms with Crippen LogP contribution < -0.4 is 10.6 Å². The third-order valence-corrected chi connectivity index (χ3v) is 5.82. The van der Waals surface area contributed by atoms with Gasteiger partial charge in [0.15, 0.2) is 0 Å². The van der Waals surface area contributed by atoms with Crippen LogP contribution in [-0.2, 0) is 11.0 Å². The first kappa shape index (κ1) is 22.6. The zero-order valence-corrected chi connectivity index (χ0v) is 17.9. The molecule has 4 rings (SSSR count). The largest absolute Gasteiger partial charge is 0.416 e. The average Bonchev–Trinajstić information content (AvgIpc) is 3.36. The summed E-state index contributed by atoms with van der Waals surface area (Å²) in [6.07, 6.45) is -1.20. The molecule has 0 aliphatic heterocycles. The minimum atomic E-state index is -4.55. The first-order chi connectivity index (χ1) is 15.7. The van der Waals surface area contributed by atoms with E-state index < -0.39 is 17.6 Å². The Morgan fingerprint density at radius 2 is 1.97 bits per heavy atom. The summed E-state index contributed by atoms with van der Waals surface area (Å²) >= 11 is 0. The number of fused-ring (bicyclic) bond motifs is 1. The molecule has 1 aromatic heterocycles. The van der Waals surface area contributed by atoms with Gasteiger partial charge in [-0.25, -0.2) is 4.98 Å². The van der Waals surface area contributed by atoms with Gasteiger partial charge in [0, 0.05) is 17.6 Å². The van der Waals surface area contributed by atoms with E-state index in [1.165, 1.54) is 18.2 Å². The van der Waals surface area contributed by atoms with Gasteiger partial charge in [0.25, 0.3) is 5.91 Å². The lowest BCUT2D eigenvalue weighted by atomic mass is 10.1. The molecule has 1 heterocycles. The minimum absolute atomic E-state index is 0.0459. The fourth-order valence-electron chi connectivity index (χ4n) is 4.26. The van der Waals surface area contributed by atoms with E-state index in [4.69, 9.17) is 0 Å². The molecule has 0 spiro atoms. The number of carbonyl (C=O) groups excluding carboxylic acids is 2. The normalized spacial score (nSPS) is 18.3. The molecular weight excluding hydrogens is 433 g/mol. The van der Waals surface area contributed by atoms with Crippen LogP contribution >= 0.6 is 0 Å². The van der Waals surface area contributed by atoms with Gasteiger partial charge in [-0.15, -0.1) is 0 Å². The van der Waals surface area contributed by atoms with Gasteiger partial charge in [-0.3, -0.25) is 14.9 Å². The molecule has 2 aromatic carbocycles. The number of hydrogen-bond donors (Lipinski definition) is 2. The SMILES string of the molecule is C=CC(=O)NC1CCC(n2c(NC(=O)c3cccc(C(F)(F)F)c3)nc3cc(C)ccc32)C1. The van der Waals surface area contributed by atoms with Crippen LogP contribution in [0, 0.1) is 6.92 Å². The first-order valence-electron chi connectivity index (χ1n) is 10.6. The maximum atomic E-state index is 13.1. The van der Waals surface area contributed by atoms with Crippen LogP contribution in [0.2, 0.25) is 0 Å². The summed E-state index contributed by atoms with van der Waals surface area (Å²) in [5, 5.41) is 5.60. The molecule has 0 radical (unpaired) electrons. The quantitative estimate of drug-likeness (QED) is 0.530. The molecule has 6 nitrogen and oxygen atoms in total. The number of alkyl halides is 3. The number of benzene rings is 2. The predicted octanol–water partition coefficient (Wildman–Crippen LogP) is 5.01. The molecule has 9 heteroatoms. The first-order valence-corrected chi connectivity index (χ1v) is 10.6. The Morgan fingerprint density at radius 1 is 1.18 bits per heavy atom. The molecule has 1 saturated carbocycles. The van der Waals surface area contributed by atoms with Crippen molar-refractivity contribution < 1.29 is 22.8 Å². The molecule has 1 aliphatic rings. The van der Waals surface area contributed by atoms with Gasteiger partial charge in [-0.05, 0) is 68.2 Å². The fraction of sp³-hybridized carbons (Fsp3) is 0.292. The Labute approximate surface area is 188 Å². The van der Waals surface area contributed by atoms with E-state index in [0.29, 0.717) is 11.9 Å². The number of nitrogens with zero attached hydrogens (tertiary/aromatic N) is 2. The highest BCUT2D eigenvalue weighted by molar-refractivity contribution is 6.04. The zero-order chi connectivity index (χ0) is 23.8. The van der Waals surface area contributed by atoms with Crippen molar-refractivity contribution in [1.29, 1.82) is 0 Å². The summed E-state index contributed by atoms with van der Waals surface area (Å²) in [7, 11) is 0. The van der Waals surface area contributed by atoms with Crippen LogP contribution in [0.3, 0.4) is 0 Å². The lowest BCUT2D eigenvalue weighted by Gasteiger charge is -2.18. The van der Waals surface area contributed by atoms with Crippen LogP contribution in [0.1, 0.15) is 46.8 Å². The van der Waals surface area contributed by atoms with E-state index in [9.17, 15) is 22.8 Å². The van der Waals surface area contributed by atoms with Crippen molar-refractivity contribution in [3.63, 3.8) is 0 Å². The maximum absolute atomic E-state index is 13.1. The summed E-state index contributed by atoms with van der Waals surface area (Å²) in [5.41, 5.74) is 1.47. The van der Waals surface area contributed by atoms with Gasteiger partial charge >= 0.3 is 6.18 Å². The molecule has 1 aliphatic carbocycles. The molecule has 0 saturated heterocycles. The molecule has 3 aromatic rings. The lowest BCUT2D eigenvalue weighted by molar-refractivity contribution is -0.137. The Bertz CT molecular complexity index is 1230. The van der Waals surface area contributed by atoms with Crippen LogP contribution in [0.4, 0.5) is 19.1 Å². The average molecular weight is 456 g/mol. The van der Waals surface area contributed by atoms with Gasteiger partial charge in [-0.2, -0.15) is 13.2 Å². The molecule has 0 bridgehead atoms. The fourth-order valence-corrected chi connectivity index (χ4v) is 4.26. The number of amides is 2. The van der Waals surface area contributed by atoms with Crippen molar-refractivity contribution in [3.05, 3.63) is 71.8 Å². The Balaban J connectivity index is 1.66. The number of halogens is 3. The third-order valence-electron chi connectivity index (χ3n) is 5.82. The second-order valence-electron chi connectivity index (χ2n) is 8.21.